The number of amides is 1. The van der Waals surface area contributed by atoms with Crippen molar-refractivity contribution in [1.29, 1.82) is 0 Å². The lowest BCUT2D eigenvalue weighted by Crippen LogP contribution is -2.18. The highest BCUT2D eigenvalue weighted by Crippen LogP contribution is 2.20. The number of nitrogens with one attached hydrogen (secondary N) is 2. The number of hydrogen-bond acceptors (Lipinski definition) is 3. The van der Waals surface area contributed by atoms with Crippen molar-refractivity contribution in [2.45, 2.75) is 6.92 Å². The number of hydrazone groups is 1. The van der Waals surface area contributed by atoms with Gasteiger partial charge in [-0.25, -0.2) is 5.43 Å². The first-order chi connectivity index (χ1) is 11.6. The number of aromatic nitrogens is 2. The number of rotatable bonds is 4. The molecule has 1 aromatic heterocycles. The lowest BCUT2D eigenvalue weighted by molar-refractivity contribution is 0.0950. The zero-order valence-electron chi connectivity index (χ0n) is 13.0. The number of hydrogen-bond donors (Lipinski definition) is 2. The summed E-state index contributed by atoms with van der Waals surface area (Å²) in [5.74, 6) is -0.355. The molecule has 0 saturated carbocycles. The second kappa shape index (κ2) is 7.10. The van der Waals surface area contributed by atoms with Crippen molar-refractivity contribution in [3.05, 3.63) is 76.4 Å². The van der Waals surface area contributed by atoms with Crippen molar-refractivity contribution < 1.29 is 4.79 Å². The van der Waals surface area contributed by atoms with E-state index in [1.807, 2.05) is 43.3 Å². The van der Waals surface area contributed by atoms with E-state index < -0.39 is 0 Å². The third-order valence-corrected chi connectivity index (χ3v) is 3.64. The Balaban J connectivity index is 1.66. The van der Waals surface area contributed by atoms with E-state index in [4.69, 9.17) is 11.6 Å². The van der Waals surface area contributed by atoms with E-state index >= 15 is 0 Å². The Morgan fingerprint density at radius 3 is 2.75 bits per heavy atom. The van der Waals surface area contributed by atoms with Crippen LogP contribution in [0.1, 0.15) is 21.6 Å². The maximum atomic E-state index is 12.1. The van der Waals surface area contributed by atoms with E-state index in [9.17, 15) is 4.79 Å². The first-order valence-corrected chi connectivity index (χ1v) is 7.71. The first-order valence-electron chi connectivity index (χ1n) is 7.33. The molecule has 1 amide bonds. The highest BCUT2D eigenvalue weighted by Gasteiger charge is 2.10. The van der Waals surface area contributed by atoms with Gasteiger partial charge < -0.3 is 0 Å². The normalized spacial score (nSPS) is 10.9. The second-order valence-corrected chi connectivity index (χ2v) is 5.72. The van der Waals surface area contributed by atoms with Crippen LogP contribution in [0.5, 0.6) is 0 Å². The van der Waals surface area contributed by atoms with Crippen molar-refractivity contribution >= 4 is 23.7 Å². The van der Waals surface area contributed by atoms with Crippen molar-refractivity contribution in [2.75, 3.05) is 0 Å². The van der Waals surface area contributed by atoms with Gasteiger partial charge in [-0.3, -0.25) is 9.89 Å². The third-order valence-electron chi connectivity index (χ3n) is 3.38. The predicted molar refractivity (Wildman–Crippen MR) is 95.3 cm³/mol. The maximum absolute atomic E-state index is 12.1. The maximum Gasteiger partial charge on any atom is 0.289 e. The number of aromatic amines is 1. The molecular weight excluding hydrogens is 324 g/mol. The van der Waals surface area contributed by atoms with Gasteiger partial charge in [0.05, 0.1) is 11.9 Å². The minimum atomic E-state index is -0.355. The molecule has 0 aliphatic carbocycles. The molecule has 2 N–H and O–H groups in total. The Morgan fingerprint density at radius 2 is 2.00 bits per heavy atom. The zero-order chi connectivity index (χ0) is 16.9. The summed E-state index contributed by atoms with van der Waals surface area (Å²) in [7, 11) is 0. The van der Waals surface area contributed by atoms with E-state index in [-0.39, 0.29) is 5.91 Å². The Hall–Kier alpha value is -2.92. The van der Waals surface area contributed by atoms with Crippen molar-refractivity contribution in [2.24, 2.45) is 5.10 Å². The fraction of sp³-hybridized carbons (Fsp3) is 0.0556. The topological polar surface area (TPSA) is 70.1 Å². The summed E-state index contributed by atoms with van der Waals surface area (Å²) in [6.07, 6.45) is 1.60. The van der Waals surface area contributed by atoms with Crippen LogP contribution >= 0.6 is 11.6 Å². The summed E-state index contributed by atoms with van der Waals surface area (Å²) in [5, 5.41) is 11.5. The van der Waals surface area contributed by atoms with Gasteiger partial charge in [-0.15, -0.1) is 0 Å². The van der Waals surface area contributed by atoms with E-state index in [1.165, 1.54) is 0 Å². The summed E-state index contributed by atoms with van der Waals surface area (Å²) < 4.78 is 0. The molecular formula is C18H15ClN4O. The molecule has 0 aliphatic heterocycles. The average Bonchev–Trinajstić information content (AvgIpc) is 3.05. The van der Waals surface area contributed by atoms with Crippen LogP contribution in [0.2, 0.25) is 5.02 Å². The van der Waals surface area contributed by atoms with Crippen LogP contribution in [0.3, 0.4) is 0 Å². The Bertz CT molecular complexity index is 884. The third kappa shape index (κ3) is 3.88. The van der Waals surface area contributed by atoms with E-state index in [0.717, 1.165) is 16.7 Å². The van der Waals surface area contributed by atoms with Crippen molar-refractivity contribution in [3.63, 3.8) is 0 Å². The van der Waals surface area contributed by atoms with Gasteiger partial charge in [-0.1, -0.05) is 53.6 Å². The summed E-state index contributed by atoms with van der Waals surface area (Å²) in [4.78, 5) is 12.1. The SMILES string of the molecule is Cc1cccc(/C=N\NC(=O)c2cc(-c3ccc(Cl)cc3)n[nH]2)c1. The van der Waals surface area contributed by atoms with Gasteiger partial charge in [0.25, 0.3) is 5.91 Å². The minimum Gasteiger partial charge on any atom is -0.272 e. The van der Waals surface area contributed by atoms with Gasteiger partial charge in [-0.05, 0) is 30.7 Å². The molecule has 0 spiro atoms. The molecule has 3 aromatic rings. The number of nitrogens with zero attached hydrogens (tertiary/aromatic N) is 2. The zero-order valence-corrected chi connectivity index (χ0v) is 13.7. The van der Waals surface area contributed by atoms with Crippen molar-refractivity contribution in [1.82, 2.24) is 15.6 Å². The molecule has 120 valence electrons. The first kappa shape index (κ1) is 16.0. The molecule has 2 aromatic carbocycles. The van der Waals surface area contributed by atoms with Crippen LogP contribution in [0.15, 0.2) is 59.7 Å². The summed E-state index contributed by atoms with van der Waals surface area (Å²) in [6, 6.07) is 16.7. The molecule has 5 nitrogen and oxygen atoms in total. The number of carbonyl (C=O) groups excluding carboxylic acids is 1. The predicted octanol–water partition coefficient (Wildman–Crippen LogP) is 3.80. The van der Waals surface area contributed by atoms with Crippen LogP contribution < -0.4 is 5.43 Å². The van der Waals surface area contributed by atoms with Gasteiger partial charge in [0.2, 0.25) is 0 Å². The second-order valence-electron chi connectivity index (χ2n) is 5.29. The lowest BCUT2D eigenvalue weighted by atomic mass is 10.1. The highest BCUT2D eigenvalue weighted by atomic mass is 35.5. The van der Waals surface area contributed by atoms with Gasteiger partial charge in [0, 0.05) is 10.6 Å². The van der Waals surface area contributed by atoms with Crippen LogP contribution in [-0.2, 0) is 0 Å². The van der Waals surface area contributed by atoms with E-state index in [1.54, 1.807) is 24.4 Å². The number of H-pyrrole nitrogens is 1. The van der Waals surface area contributed by atoms with Gasteiger partial charge in [-0.2, -0.15) is 10.2 Å². The molecule has 0 saturated heterocycles. The molecule has 24 heavy (non-hydrogen) atoms. The Morgan fingerprint density at radius 1 is 1.21 bits per heavy atom. The Labute approximate surface area is 144 Å². The molecule has 6 heteroatoms. The summed E-state index contributed by atoms with van der Waals surface area (Å²) in [6.45, 7) is 2.00. The standard InChI is InChI=1S/C18H15ClN4O/c1-12-3-2-4-13(9-12)11-20-23-18(24)17-10-16(21-22-17)14-5-7-15(19)8-6-14/h2-11H,1H3,(H,21,22)(H,23,24)/b20-11-. The van der Waals surface area contributed by atoms with Gasteiger partial charge in [0.15, 0.2) is 0 Å². The van der Waals surface area contributed by atoms with Crippen LogP contribution in [0, 0.1) is 6.92 Å². The molecule has 0 bridgehead atoms. The number of carbonyl (C=O) groups is 1. The van der Waals surface area contributed by atoms with E-state index in [0.29, 0.717) is 16.4 Å². The average molecular weight is 339 g/mol. The fourth-order valence-electron chi connectivity index (χ4n) is 2.18. The smallest absolute Gasteiger partial charge is 0.272 e. The monoisotopic (exact) mass is 338 g/mol. The quantitative estimate of drug-likeness (QED) is 0.561. The summed E-state index contributed by atoms with van der Waals surface area (Å²) >= 11 is 5.86. The molecule has 0 aliphatic rings. The minimum absolute atomic E-state index is 0.335. The number of benzene rings is 2. The summed E-state index contributed by atoms with van der Waals surface area (Å²) in [5.41, 5.74) is 6.40. The lowest BCUT2D eigenvalue weighted by Gasteiger charge is -1.97. The van der Waals surface area contributed by atoms with Gasteiger partial charge in [0.1, 0.15) is 5.69 Å². The van der Waals surface area contributed by atoms with Crippen LogP contribution in [-0.4, -0.2) is 22.3 Å². The molecule has 0 fully saturated rings. The van der Waals surface area contributed by atoms with Crippen molar-refractivity contribution in [3.8, 4) is 11.3 Å². The molecule has 0 atom stereocenters. The highest BCUT2D eigenvalue weighted by molar-refractivity contribution is 6.30. The number of halogens is 1. The van der Waals surface area contributed by atoms with E-state index in [2.05, 4.69) is 20.7 Å². The Kier molecular flexibility index (Phi) is 4.72. The fourth-order valence-corrected chi connectivity index (χ4v) is 2.31. The molecule has 1 heterocycles. The van der Waals surface area contributed by atoms with Crippen LogP contribution in [0.25, 0.3) is 11.3 Å². The molecule has 3 rings (SSSR count). The molecule has 0 unspecified atom stereocenters. The largest absolute Gasteiger partial charge is 0.289 e. The van der Waals surface area contributed by atoms with Gasteiger partial charge >= 0.3 is 0 Å². The molecule has 0 radical (unpaired) electrons. The number of aryl methyl sites for hydroxylation is 1. The van der Waals surface area contributed by atoms with Crippen LogP contribution in [0.4, 0.5) is 0 Å².